The van der Waals surface area contributed by atoms with Crippen LogP contribution < -0.4 is 0 Å². The first-order valence-electron chi connectivity index (χ1n) is 21.0. The van der Waals surface area contributed by atoms with Gasteiger partial charge in [0.2, 0.25) is 5.95 Å². The number of benzene rings is 11. The number of furan rings is 1. The molecule has 0 atom stereocenters. The van der Waals surface area contributed by atoms with E-state index in [4.69, 9.17) is 19.4 Å². The summed E-state index contributed by atoms with van der Waals surface area (Å²) in [6.45, 7) is 0. The highest BCUT2D eigenvalue weighted by atomic mass is 16.3. The molecule has 286 valence electrons. The van der Waals surface area contributed by atoms with Gasteiger partial charge in [-0.1, -0.05) is 176 Å². The van der Waals surface area contributed by atoms with Gasteiger partial charge in [-0.3, -0.25) is 4.57 Å². The molecule has 0 amide bonds. The Morgan fingerprint density at radius 3 is 1.45 bits per heavy atom. The zero-order chi connectivity index (χ0) is 40.5. The molecule has 0 aliphatic rings. The predicted molar refractivity (Wildman–Crippen MR) is 257 cm³/mol. The number of nitrogens with zero attached hydrogens (tertiary/aromatic N) is 4. The molecule has 14 rings (SSSR count). The third kappa shape index (κ3) is 4.65. The van der Waals surface area contributed by atoms with E-state index in [-0.39, 0.29) is 0 Å². The molecular weight excluding hydrogens is 757 g/mol. The predicted octanol–water partition coefficient (Wildman–Crippen LogP) is 15.1. The van der Waals surface area contributed by atoms with Crippen LogP contribution >= 0.6 is 0 Å². The molecule has 0 spiro atoms. The zero-order valence-corrected chi connectivity index (χ0v) is 33.2. The highest BCUT2D eigenvalue weighted by Crippen LogP contribution is 2.43. The van der Waals surface area contributed by atoms with Gasteiger partial charge in [-0.05, 0) is 66.7 Å². The summed E-state index contributed by atoms with van der Waals surface area (Å²) in [6.07, 6.45) is 0. The fraction of sp³-hybridized carbons (Fsp3) is 0. The number of hydrogen-bond donors (Lipinski definition) is 0. The van der Waals surface area contributed by atoms with E-state index in [0.29, 0.717) is 17.6 Å². The summed E-state index contributed by atoms with van der Waals surface area (Å²) in [6, 6.07) is 69.1. The first-order valence-corrected chi connectivity index (χ1v) is 21.0. The largest absolute Gasteiger partial charge is 0.455 e. The SMILES string of the molecule is c1ccc2c(c1)ccc1c2oc2cccc(-c3nc(-c4ccc5c6ccccc6c6ccccc6c5c4)nc(-n4c5c6ccccc6ccc5c5ccc6ccccc6c54)n3)c21. The van der Waals surface area contributed by atoms with E-state index in [2.05, 4.69) is 187 Å². The quantitative estimate of drug-likeness (QED) is 0.167. The minimum atomic E-state index is 0.552. The molecule has 0 aliphatic carbocycles. The molecule has 5 nitrogen and oxygen atoms in total. The van der Waals surface area contributed by atoms with E-state index < -0.39 is 0 Å². The van der Waals surface area contributed by atoms with E-state index >= 15 is 0 Å². The summed E-state index contributed by atoms with van der Waals surface area (Å²) in [7, 11) is 0. The van der Waals surface area contributed by atoms with Crippen LogP contribution in [0.2, 0.25) is 0 Å². The molecule has 0 saturated carbocycles. The maximum absolute atomic E-state index is 6.70. The van der Waals surface area contributed by atoms with Gasteiger partial charge in [0.15, 0.2) is 11.6 Å². The molecule has 0 radical (unpaired) electrons. The molecule has 5 heteroatoms. The summed E-state index contributed by atoms with van der Waals surface area (Å²) in [5.41, 5.74) is 5.56. The Hall–Kier alpha value is -8.41. The monoisotopic (exact) mass is 788 g/mol. The average Bonchev–Trinajstić information content (AvgIpc) is 3.91. The van der Waals surface area contributed by atoms with Crippen LogP contribution in [0.4, 0.5) is 0 Å². The Morgan fingerprint density at radius 2 is 0.823 bits per heavy atom. The zero-order valence-electron chi connectivity index (χ0n) is 33.2. The molecule has 0 fully saturated rings. The number of aromatic nitrogens is 4. The van der Waals surface area contributed by atoms with Crippen LogP contribution in [0.5, 0.6) is 0 Å². The summed E-state index contributed by atoms with van der Waals surface area (Å²) in [4.78, 5) is 16.5. The molecule has 3 heterocycles. The van der Waals surface area contributed by atoms with Crippen LogP contribution in [0.1, 0.15) is 0 Å². The van der Waals surface area contributed by atoms with Gasteiger partial charge in [0.05, 0.1) is 11.0 Å². The standard InChI is InChI=1S/C57H32N4O/c1-4-15-37-33(12-1)24-29-45-46-30-25-34-13-2-5-16-38(34)53(46)61(52(37)45)57-59-55(36-27-28-44-42-20-8-7-18-40(42)41-19-9-10-21-43(41)49(44)32-36)58-56(60-57)48-22-11-23-50-51(48)47-31-26-35-14-3-6-17-39(35)54(47)62-50/h1-32H. The topological polar surface area (TPSA) is 56.7 Å². The Kier molecular flexibility index (Phi) is 6.77. The Bertz CT molecular complexity index is 4110. The Labute approximate surface area is 353 Å². The maximum atomic E-state index is 6.70. The van der Waals surface area contributed by atoms with Crippen LogP contribution in [0.25, 0.3) is 137 Å². The Balaban J connectivity index is 1.13. The molecule has 62 heavy (non-hydrogen) atoms. The summed E-state index contributed by atoms with van der Waals surface area (Å²) in [5, 5.41) is 18.3. The highest BCUT2D eigenvalue weighted by Gasteiger charge is 2.23. The van der Waals surface area contributed by atoms with Crippen molar-refractivity contribution in [2.75, 3.05) is 0 Å². The molecule has 14 aromatic rings. The van der Waals surface area contributed by atoms with Crippen LogP contribution in [-0.2, 0) is 0 Å². The second-order valence-corrected chi connectivity index (χ2v) is 16.3. The van der Waals surface area contributed by atoms with Gasteiger partial charge in [0.25, 0.3) is 0 Å². The van der Waals surface area contributed by atoms with Gasteiger partial charge in [-0.2, -0.15) is 9.97 Å². The molecule has 11 aromatic carbocycles. The van der Waals surface area contributed by atoms with Crippen molar-refractivity contribution in [3.63, 3.8) is 0 Å². The van der Waals surface area contributed by atoms with Crippen LogP contribution in [-0.4, -0.2) is 19.5 Å². The minimum Gasteiger partial charge on any atom is -0.455 e. The van der Waals surface area contributed by atoms with Crippen LogP contribution in [0, 0.1) is 0 Å². The van der Waals surface area contributed by atoms with E-state index in [1.165, 1.54) is 26.9 Å². The maximum Gasteiger partial charge on any atom is 0.238 e. The first-order chi connectivity index (χ1) is 30.7. The molecule has 0 bridgehead atoms. The third-order valence-electron chi connectivity index (χ3n) is 13.0. The fourth-order valence-electron chi connectivity index (χ4n) is 10.2. The van der Waals surface area contributed by atoms with Crippen molar-refractivity contribution in [1.82, 2.24) is 19.5 Å². The highest BCUT2D eigenvalue weighted by molar-refractivity contribution is 6.26. The van der Waals surface area contributed by atoms with Gasteiger partial charge in [-0.15, -0.1) is 0 Å². The van der Waals surface area contributed by atoms with Crippen molar-refractivity contribution in [2.45, 2.75) is 0 Å². The van der Waals surface area contributed by atoms with Crippen LogP contribution in [0.15, 0.2) is 199 Å². The number of hydrogen-bond acceptors (Lipinski definition) is 4. The van der Waals surface area contributed by atoms with Crippen molar-refractivity contribution in [2.24, 2.45) is 0 Å². The second-order valence-electron chi connectivity index (χ2n) is 16.3. The molecule has 3 aromatic heterocycles. The van der Waals surface area contributed by atoms with Gasteiger partial charge < -0.3 is 4.42 Å². The lowest BCUT2D eigenvalue weighted by atomic mass is 9.93. The molecule has 0 N–H and O–H groups in total. The normalized spacial score (nSPS) is 12.2. The smallest absolute Gasteiger partial charge is 0.238 e. The average molecular weight is 789 g/mol. The second kappa shape index (κ2) is 12.6. The first kappa shape index (κ1) is 33.4. The van der Waals surface area contributed by atoms with Crippen molar-refractivity contribution in [3.05, 3.63) is 194 Å². The number of fused-ring (bicyclic) bond motifs is 18. The molecular formula is C57H32N4O. The van der Waals surface area contributed by atoms with Crippen molar-refractivity contribution in [1.29, 1.82) is 0 Å². The lowest BCUT2D eigenvalue weighted by Gasteiger charge is -2.14. The minimum absolute atomic E-state index is 0.552. The summed E-state index contributed by atoms with van der Waals surface area (Å²) in [5.74, 6) is 1.72. The van der Waals surface area contributed by atoms with E-state index in [0.717, 1.165) is 92.6 Å². The Morgan fingerprint density at radius 1 is 0.339 bits per heavy atom. The van der Waals surface area contributed by atoms with Gasteiger partial charge in [0.1, 0.15) is 11.2 Å². The fourth-order valence-corrected chi connectivity index (χ4v) is 10.2. The summed E-state index contributed by atoms with van der Waals surface area (Å²) < 4.78 is 8.99. The molecule has 0 unspecified atom stereocenters. The van der Waals surface area contributed by atoms with Crippen molar-refractivity contribution >= 4 is 108 Å². The van der Waals surface area contributed by atoms with E-state index in [1.54, 1.807) is 0 Å². The van der Waals surface area contributed by atoms with Gasteiger partial charge in [0, 0.05) is 48.8 Å². The lowest BCUT2D eigenvalue weighted by Crippen LogP contribution is -2.07. The van der Waals surface area contributed by atoms with Crippen LogP contribution in [0.3, 0.4) is 0 Å². The lowest BCUT2D eigenvalue weighted by molar-refractivity contribution is 0.672. The van der Waals surface area contributed by atoms with Gasteiger partial charge in [-0.25, -0.2) is 4.98 Å². The number of rotatable bonds is 3. The van der Waals surface area contributed by atoms with E-state index in [9.17, 15) is 0 Å². The van der Waals surface area contributed by atoms with E-state index in [1.807, 2.05) is 12.1 Å². The molecule has 0 saturated heterocycles. The van der Waals surface area contributed by atoms with Crippen molar-refractivity contribution < 1.29 is 4.42 Å². The summed E-state index contributed by atoms with van der Waals surface area (Å²) >= 11 is 0. The molecule has 0 aliphatic heterocycles. The van der Waals surface area contributed by atoms with Crippen molar-refractivity contribution in [3.8, 4) is 28.7 Å². The third-order valence-corrected chi connectivity index (χ3v) is 13.0. The van der Waals surface area contributed by atoms with Gasteiger partial charge >= 0.3 is 0 Å².